The monoisotopic (exact) mass is 262 g/mol. The molecule has 0 spiro atoms. The van der Waals surface area contributed by atoms with Crippen LogP contribution in [-0.2, 0) is 4.79 Å². The maximum Gasteiger partial charge on any atom is 0.221 e. The normalized spacial score (nSPS) is 12.5. The summed E-state index contributed by atoms with van der Waals surface area (Å²) in [6.07, 6.45) is 0.530. The molecule has 19 heavy (non-hydrogen) atoms. The number of carbonyl (C=O) groups excluding carboxylic acids is 1. The van der Waals surface area contributed by atoms with Gasteiger partial charge in [0.2, 0.25) is 5.91 Å². The minimum atomic E-state index is 0.0651. The van der Waals surface area contributed by atoms with Crippen LogP contribution in [0.5, 0.6) is 0 Å². The van der Waals surface area contributed by atoms with Crippen molar-refractivity contribution in [2.45, 2.75) is 46.1 Å². The Kier molecular flexibility index (Phi) is 6.57. The topological polar surface area (TPSA) is 41.1 Å². The molecule has 1 atom stereocenters. The number of hydrogen-bond acceptors (Lipinski definition) is 2. The molecule has 0 bridgehead atoms. The van der Waals surface area contributed by atoms with Gasteiger partial charge in [-0.1, -0.05) is 45.0 Å². The third-order valence-corrected chi connectivity index (χ3v) is 3.26. The Balaban J connectivity index is 2.48. The molecule has 0 aliphatic heterocycles. The van der Waals surface area contributed by atoms with E-state index in [1.165, 1.54) is 5.56 Å². The van der Waals surface area contributed by atoms with Crippen LogP contribution in [-0.4, -0.2) is 19.0 Å². The van der Waals surface area contributed by atoms with Crippen LogP contribution < -0.4 is 10.6 Å². The van der Waals surface area contributed by atoms with Crippen molar-refractivity contribution in [2.24, 2.45) is 0 Å². The van der Waals surface area contributed by atoms with E-state index in [9.17, 15) is 4.79 Å². The van der Waals surface area contributed by atoms with Gasteiger partial charge >= 0.3 is 0 Å². The molecule has 3 nitrogen and oxygen atoms in total. The average molecular weight is 262 g/mol. The van der Waals surface area contributed by atoms with Crippen molar-refractivity contribution in [1.82, 2.24) is 10.6 Å². The molecule has 1 unspecified atom stereocenters. The first-order chi connectivity index (χ1) is 9.04. The zero-order valence-electron chi connectivity index (χ0n) is 12.5. The second kappa shape index (κ2) is 7.95. The molecule has 1 amide bonds. The van der Waals surface area contributed by atoms with Crippen LogP contribution in [0.1, 0.15) is 57.2 Å². The molecule has 0 aromatic heterocycles. The smallest absolute Gasteiger partial charge is 0.221 e. The van der Waals surface area contributed by atoms with Crippen LogP contribution in [0.2, 0.25) is 0 Å². The van der Waals surface area contributed by atoms with E-state index in [1.807, 2.05) is 13.8 Å². The molecule has 1 aromatic carbocycles. The predicted molar refractivity (Wildman–Crippen MR) is 80.2 cm³/mol. The van der Waals surface area contributed by atoms with Crippen LogP contribution in [0.15, 0.2) is 24.3 Å². The van der Waals surface area contributed by atoms with Crippen molar-refractivity contribution in [1.29, 1.82) is 0 Å². The quantitative estimate of drug-likeness (QED) is 0.742. The van der Waals surface area contributed by atoms with Crippen molar-refractivity contribution < 1.29 is 4.79 Å². The van der Waals surface area contributed by atoms with E-state index < -0.39 is 0 Å². The van der Waals surface area contributed by atoms with E-state index in [0.29, 0.717) is 12.3 Å². The molecule has 2 N–H and O–H groups in total. The highest BCUT2D eigenvalue weighted by Gasteiger charge is 2.09. The van der Waals surface area contributed by atoms with Gasteiger partial charge in [-0.3, -0.25) is 4.79 Å². The van der Waals surface area contributed by atoms with E-state index in [4.69, 9.17) is 0 Å². The standard InChI is InChI=1S/C16H26N2O/c1-5-17-11-10-16(19)18-13(4)15-8-6-14(7-9-15)12(2)3/h6-9,12-13,17H,5,10-11H2,1-4H3,(H,18,19). The van der Waals surface area contributed by atoms with Crippen molar-refractivity contribution in [2.75, 3.05) is 13.1 Å². The number of benzene rings is 1. The molecular weight excluding hydrogens is 236 g/mol. The van der Waals surface area contributed by atoms with Gasteiger partial charge in [-0.15, -0.1) is 0 Å². The van der Waals surface area contributed by atoms with Crippen LogP contribution >= 0.6 is 0 Å². The molecule has 0 saturated heterocycles. The Morgan fingerprint density at radius 3 is 2.21 bits per heavy atom. The van der Waals surface area contributed by atoms with Crippen LogP contribution in [0.3, 0.4) is 0 Å². The molecule has 106 valence electrons. The number of nitrogens with one attached hydrogen (secondary N) is 2. The number of amides is 1. The number of hydrogen-bond donors (Lipinski definition) is 2. The van der Waals surface area contributed by atoms with E-state index in [0.717, 1.165) is 18.7 Å². The molecule has 0 radical (unpaired) electrons. The minimum Gasteiger partial charge on any atom is -0.350 e. The summed E-state index contributed by atoms with van der Waals surface area (Å²) in [6, 6.07) is 8.55. The van der Waals surface area contributed by atoms with E-state index in [2.05, 4.69) is 48.7 Å². The van der Waals surface area contributed by atoms with Gasteiger partial charge in [0.1, 0.15) is 0 Å². The van der Waals surface area contributed by atoms with Crippen molar-refractivity contribution in [3.05, 3.63) is 35.4 Å². The lowest BCUT2D eigenvalue weighted by Crippen LogP contribution is -2.29. The molecule has 0 saturated carbocycles. The van der Waals surface area contributed by atoms with Crippen LogP contribution in [0.4, 0.5) is 0 Å². The molecule has 0 aliphatic carbocycles. The lowest BCUT2D eigenvalue weighted by Gasteiger charge is -2.15. The molecule has 1 rings (SSSR count). The summed E-state index contributed by atoms with van der Waals surface area (Å²) in [7, 11) is 0. The van der Waals surface area contributed by atoms with Gasteiger partial charge in [0.15, 0.2) is 0 Å². The lowest BCUT2D eigenvalue weighted by atomic mass is 9.99. The third-order valence-electron chi connectivity index (χ3n) is 3.26. The van der Waals surface area contributed by atoms with Gasteiger partial charge in [0.25, 0.3) is 0 Å². The summed E-state index contributed by atoms with van der Waals surface area (Å²) in [5.41, 5.74) is 2.48. The summed E-state index contributed by atoms with van der Waals surface area (Å²) in [5, 5.41) is 6.18. The number of carbonyl (C=O) groups is 1. The Morgan fingerprint density at radius 1 is 1.11 bits per heavy atom. The third kappa shape index (κ3) is 5.43. The molecule has 1 aromatic rings. The Morgan fingerprint density at radius 2 is 1.68 bits per heavy atom. The summed E-state index contributed by atoms with van der Waals surface area (Å²) in [6.45, 7) is 10.1. The highest BCUT2D eigenvalue weighted by molar-refractivity contribution is 5.76. The minimum absolute atomic E-state index is 0.0651. The largest absolute Gasteiger partial charge is 0.350 e. The molecule has 0 aliphatic rings. The van der Waals surface area contributed by atoms with Gasteiger partial charge in [-0.2, -0.15) is 0 Å². The summed E-state index contributed by atoms with van der Waals surface area (Å²) in [4.78, 5) is 11.7. The van der Waals surface area contributed by atoms with Crippen molar-refractivity contribution in [3.63, 3.8) is 0 Å². The Labute approximate surface area is 116 Å². The van der Waals surface area contributed by atoms with Crippen molar-refractivity contribution >= 4 is 5.91 Å². The van der Waals surface area contributed by atoms with E-state index >= 15 is 0 Å². The van der Waals surface area contributed by atoms with Crippen molar-refractivity contribution in [3.8, 4) is 0 Å². The van der Waals surface area contributed by atoms with Gasteiger partial charge in [-0.05, 0) is 30.5 Å². The fraction of sp³-hybridized carbons (Fsp3) is 0.562. The summed E-state index contributed by atoms with van der Waals surface area (Å²) < 4.78 is 0. The summed E-state index contributed by atoms with van der Waals surface area (Å²) >= 11 is 0. The predicted octanol–water partition coefficient (Wildman–Crippen LogP) is 2.99. The first kappa shape index (κ1) is 15.7. The van der Waals surface area contributed by atoms with Gasteiger partial charge in [0, 0.05) is 13.0 Å². The van der Waals surface area contributed by atoms with Gasteiger partial charge in [-0.25, -0.2) is 0 Å². The average Bonchev–Trinajstić information content (AvgIpc) is 2.39. The zero-order valence-corrected chi connectivity index (χ0v) is 12.5. The highest BCUT2D eigenvalue weighted by Crippen LogP contribution is 2.18. The first-order valence-electron chi connectivity index (χ1n) is 7.14. The Bertz CT molecular complexity index is 384. The van der Waals surface area contributed by atoms with Crippen LogP contribution in [0.25, 0.3) is 0 Å². The van der Waals surface area contributed by atoms with Crippen LogP contribution in [0, 0.1) is 0 Å². The lowest BCUT2D eigenvalue weighted by molar-refractivity contribution is -0.121. The fourth-order valence-corrected chi connectivity index (χ4v) is 1.95. The van der Waals surface area contributed by atoms with Gasteiger partial charge < -0.3 is 10.6 Å². The highest BCUT2D eigenvalue weighted by atomic mass is 16.1. The van der Waals surface area contributed by atoms with Gasteiger partial charge in [0.05, 0.1) is 6.04 Å². The maximum atomic E-state index is 11.7. The zero-order chi connectivity index (χ0) is 14.3. The fourth-order valence-electron chi connectivity index (χ4n) is 1.95. The second-order valence-electron chi connectivity index (χ2n) is 5.21. The summed E-state index contributed by atoms with van der Waals surface area (Å²) in [5.74, 6) is 0.639. The molecule has 0 fully saturated rings. The first-order valence-corrected chi connectivity index (χ1v) is 7.14. The maximum absolute atomic E-state index is 11.7. The molecule has 0 heterocycles. The van der Waals surface area contributed by atoms with E-state index in [-0.39, 0.29) is 11.9 Å². The van der Waals surface area contributed by atoms with E-state index in [1.54, 1.807) is 0 Å². The Hall–Kier alpha value is -1.35. The molecular formula is C16H26N2O. The SMILES string of the molecule is CCNCCC(=O)NC(C)c1ccc(C(C)C)cc1. The second-order valence-corrected chi connectivity index (χ2v) is 5.21. The molecule has 3 heteroatoms. The number of rotatable bonds is 7.